The summed E-state index contributed by atoms with van der Waals surface area (Å²) in [5.41, 5.74) is 0. The minimum atomic E-state index is -0.179. The van der Waals surface area contributed by atoms with Gasteiger partial charge in [0.1, 0.15) is 0 Å². The van der Waals surface area contributed by atoms with Gasteiger partial charge in [-0.25, -0.2) is 0 Å². The zero-order chi connectivity index (χ0) is 14.8. The number of ether oxygens (including phenoxy) is 2. The molecule has 1 rings (SSSR count). The highest BCUT2D eigenvalue weighted by Gasteiger charge is 2.10. The molecule has 1 aromatic carbocycles. The number of para-hydroxylation sites is 2. The van der Waals surface area contributed by atoms with Gasteiger partial charge in [-0.15, -0.1) is 0 Å². The fourth-order valence-corrected chi connectivity index (χ4v) is 1.93. The Kier molecular flexibility index (Phi) is 7.78. The lowest BCUT2D eigenvalue weighted by Crippen LogP contribution is -2.11. The van der Waals surface area contributed by atoms with Crippen molar-refractivity contribution in [2.45, 2.75) is 65.4 Å². The van der Waals surface area contributed by atoms with Crippen LogP contribution in [0.2, 0.25) is 0 Å². The average molecular weight is 278 g/mol. The number of carbonyl (C=O) groups excluding carboxylic acids is 1. The van der Waals surface area contributed by atoms with Crippen LogP contribution in [0.25, 0.3) is 0 Å². The molecule has 0 fully saturated rings. The van der Waals surface area contributed by atoms with Crippen LogP contribution in [-0.2, 0) is 4.79 Å². The fourth-order valence-electron chi connectivity index (χ4n) is 1.93. The number of rotatable bonds is 9. The third kappa shape index (κ3) is 6.60. The van der Waals surface area contributed by atoms with E-state index < -0.39 is 0 Å². The summed E-state index contributed by atoms with van der Waals surface area (Å²) >= 11 is 0. The summed E-state index contributed by atoms with van der Waals surface area (Å²) in [5, 5.41) is 0. The van der Waals surface area contributed by atoms with Crippen molar-refractivity contribution in [1.29, 1.82) is 0 Å². The van der Waals surface area contributed by atoms with E-state index in [0.717, 1.165) is 12.8 Å². The molecule has 112 valence electrons. The smallest absolute Gasteiger partial charge is 0.311 e. The van der Waals surface area contributed by atoms with E-state index in [1.165, 1.54) is 19.3 Å². The van der Waals surface area contributed by atoms with Gasteiger partial charge in [-0.05, 0) is 32.4 Å². The van der Waals surface area contributed by atoms with Crippen LogP contribution in [0.1, 0.15) is 59.3 Å². The number of hydrogen-bond donors (Lipinski definition) is 0. The lowest BCUT2D eigenvalue weighted by Gasteiger charge is -2.13. The maximum Gasteiger partial charge on any atom is 0.311 e. The van der Waals surface area contributed by atoms with Crippen LogP contribution in [-0.4, -0.2) is 12.1 Å². The summed E-state index contributed by atoms with van der Waals surface area (Å²) in [7, 11) is 0. The molecule has 0 amide bonds. The summed E-state index contributed by atoms with van der Waals surface area (Å²) in [6.45, 7) is 6.08. The molecule has 3 heteroatoms. The first-order chi connectivity index (χ1) is 9.63. The molecule has 0 heterocycles. The molecule has 0 aromatic heterocycles. The summed E-state index contributed by atoms with van der Waals surface area (Å²) in [6.07, 6.45) is 6.16. The lowest BCUT2D eigenvalue weighted by molar-refractivity contribution is -0.134. The Hall–Kier alpha value is -1.51. The first-order valence-electron chi connectivity index (χ1n) is 7.59. The van der Waals surface area contributed by atoms with Crippen molar-refractivity contribution in [3.8, 4) is 11.5 Å². The maximum absolute atomic E-state index is 11.8. The molecule has 3 nitrogen and oxygen atoms in total. The highest BCUT2D eigenvalue weighted by molar-refractivity contribution is 5.73. The second kappa shape index (κ2) is 9.40. The Morgan fingerprint density at radius 3 is 2.35 bits per heavy atom. The predicted molar refractivity (Wildman–Crippen MR) is 81.2 cm³/mol. The molecule has 0 aliphatic carbocycles. The van der Waals surface area contributed by atoms with Gasteiger partial charge in [0.05, 0.1) is 6.10 Å². The second-order valence-electron chi connectivity index (χ2n) is 5.25. The average Bonchev–Trinajstić information content (AvgIpc) is 2.40. The molecule has 0 bridgehead atoms. The van der Waals surface area contributed by atoms with E-state index in [9.17, 15) is 4.79 Å². The highest BCUT2D eigenvalue weighted by atomic mass is 16.6. The number of hydrogen-bond acceptors (Lipinski definition) is 3. The standard InChI is InChI=1S/C17H26O3/c1-4-5-6-7-8-13-17(18)20-16-12-10-9-11-15(16)19-14(2)3/h9-12,14H,4-8,13H2,1-3H3. The first kappa shape index (κ1) is 16.5. The third-order valence-electron chi connectivity index (χ3n) is 2.92. The van der Waals surface area contributed by atoms with Crippen LogP contribution in [0.3, 0.4) is 0 Å². The van der Waals surface area contributed by atoms with Crippen LogP contribution in [0.4, 0.5) is 0 Å². The lowest BCUT2D eigenvalue weighted by atomic mass is 10.1. The van der Waals surface area contributed by atoms with E-state index in [-0.39, 0.29) is 12.1 Å². The van der Waals surface area contributed by atoms with Crippen molar-refractivity contribution in [1.82, 2.24) is 0 Å². The van der Waals surface area contributed by atoms with Crippen LogP contribution >= 0.6 is 0 Å². The van der Waals surface area contributed by atoms with Gasteiger partial charge in [-0.3, -0.25) is 4.79 Å². The van der Waals surface area contributed by atoms with Gasteiger partial charge in [0, 0.05) is 6.42 Å². The van der Waals surface area contributed by atoms with E-state index in [4.69, 9.17) is 9.47 Å². The van der Waals surface area contributed by atoms with Crippen LogP contribution < -0.4 is 9.47 Å². The Balaban J connectivity index is 2.41. The molecule has 0 aliphatic rings. The third-order valence-corrected chi connectivity index (χ3v) is 2.92. The summed E-state index contributed by atoms with van der Waals surface area (Å²) in [4.78, 5) is 11.8. The summed E-state index contributed by atoms with van der Waals surface area (Å²) < 4.78 is 11.0. The molecule has 0 radical (unpaired) electrons. The zero-order valence-electron chi connectivity index (χ0n) is 12.9. The van der Waals surface area contributed by atoms with Crippen molar-refractivity contribution in [2.24, 2.45) is 0 Å². The number of carbonyl (C=O) groups is 1. The monoisotopic (exact) mass is 278 g/mol. The first-order valence-corrected chi connectivity index (χ1v) is 7.59. The Morgan fingerprint density at radius 2 is 1.70 bits per heavy atom. The zero-order valence-corrected chi connectivity index (χ0v) is 12.9. The van der Waals surface area contributed by atoms with Gasteiger partial charge < -0.3 is 9.47 Å². The van der Waals surface area contributed by atoms with Crippen molar-refractivity contribution in [2.75, 3.05) is 0 Å². The maximum atomic E-state index is 11.8. The molecule has 0 saturated carbocycles. The molecular weight excluding hydrogens is 252 g/mol. The molecule has 20 heavy (non-hydrogen) atoms. The minimum Gasteiger partial charge on any atom is -0.487 e. The normalized spacial score (nSPS) is 10.6. The van der Waals surface area contributed by atoms with Crippen molar-refractivity contribution in [3.05, 3.63) is 24.3 Å². The Morgan fingerprint density at radius 1 is 1.05 bits per heavy atom. The molecule has 0 unspecified atom stereocenters. The van der Waals surface area contributed by atoms with Gasteiger partial charge in [0.2, 0.25) is 0 Å². The SMILES string of the molecule is CCCCCCCC(=O)Oc1ccccc1OC(C)C. The molecule has 0 atom stereocenters. The molecule has 0 saturated heterocycles. The van der Waals surface area contributed by atoms with Crippen molar-refractivity contribution in [3.63, 3.8) is 0 Å². The molecule has 1 aromatic rings. The predicted octanol–water partition coefficient (Wildman–Crippen LogP) is 4.74. The minimum absolute atomic E-state index is 0.0592. The Bertz CT molecular complexity index is 399. The van der Waals surface area contributed by atoms with E-state index in [2.05, 4.69) is 6.92 Å². The van der Waals surface area contributed by atoms with E-state index >= 15 is 0 Å². The van der Waals surface area contributed by atoms with E-state index in [1.54, 1.807) is 6.07 Å². The summed E-state index contributed by atoms with van der Waals surface area (Å²) in [6, 6.07) is 7.31. The number of benzene rings is 1. The molecule has 0 spiro atoms. The van der Waals surface area contributed by atoms with Gasteiger partial charge in [-0.1, -0.05) is 44.7 Å². The van der Waals surface area contributed by atoms with Gasteiger partial charge in [0.15, 0.2) is 11.5 Å². The van der Waals surface area contributed by atoms with E-state index in [1.807, 2.05) is 32.0 Å². The summed E-state index contributed by atoms with van der Waals surface area (Å²) in [5.74, 6) is 0.961. The largest absolute Gasteiger partial charge is 0.487 e. The topological polar surface area (TPSA) is 35.5 Å². The van der Waals surface area contributed by atoms with Gasteiger partial charge in [0.25, 0.3) is 0 Å². The molecular formula is C17H26O3. The van der Waals surface area contributed by atoms with Crippen LogP contribution in [0.15, 0.2) is 24.3 Å². The quantitative estimate of drug-likeness (QED) is 0.372. The van der Waals surface area contributed by atoms with Gasteiger partial charge >= 0.3 is 5.97 Å². The Labute approximate surface area is 122 Å². The van der Waals surface area contributed by atoms with Gasteiger partial charge in [-0.2, -0.15) is 0 Å². The number of esters is 1. The van der Waals surface area contributed by atoms with E-state index in [0.29, 0.717) is 17.9 Å². The fraction of sp³-hybridized carbons (Fsp3) is 0.588. The second-order valence-corrected chi connectivity index (χ2v) is 5.25. The molecule has 0 N–H and O–H groups in total. The number of unbranched alkanes of at least 4 members (excludes halogenated alkanes) is 4. The van der Waals surface area contributed by atoms with Crippen molar-refractivity contribution < 1.29 is 14.3 Å². The van der Waals surface area contributed by atoms with Crippen LogP contribution in [0, 0.1) is 0 Å². The van der Waals surface area contributed by atoms with Crippen LogP contribution in [0.5, 0.6) is 11.5 Å². The molecule has 0 aliphatic heterocycles. The van der Waals surface area contributed by atoms with Crippen molar-refractivity contribution >= 4 is 5.97 Å². The highest BCUT2D eigenvalue weighted by Crippen LogP contribution is 2.27.